The molecule has 0 fully saturated rings. The Balaban J connectivity index is 2.53. The van der Waals surface area contributed by atoms with Crippen molar-refractivity contribution in [1.29, 1.82) is 0 Å². The van der Waals surface area contributed by atoms with Crippen LogP contribution in [0, 0.1) is 18.2 Å². The van der Waals surface area contributed by atoms with Crippen molar-refractivity contribution in [3.8, 4) is 12.3 Å². The van der Waals surface area contributed by atoms with Crippen LogP contribution in [0.15, 0.2) is 24.3 Å². The number of unbranched alkanes of at least 4 members (excludes halogenated alkanes) is 2. The molecule has 2 N–H and O–H groups in total. The molecule has 1 nitrogen and oxygen atoms in total. The number of hydrogen-bond donors (Lipinski definition) is 1. The number of rotatable bonds is 5. The maximum atomic E-state index is 13.8. The van der Waals surface area contributed by atoms with Crippen molar-refractivity contribution in [3.63, 3.8) is 0 Å². The summed E-state index contributed by atoms with van der Waals surface area (Å²) in [6.45, 7) is 4.37. The van der Waals surface area contributed by atoms with E-state index in [0.29, 0.717) is 11.5 Å². The molecule has 0 spiro atoms. The van der Waals surface area contributed by atoms with E-state index >= 15 is 0 Å². The molecule has 0 saturated carbocycles. The molecular weight excluding hydrogens is 261 g/mol. The fourth-order valence-corrected chi connectivity index (χ4v) is 2.96. The minimum Gasteiger partial charge on any atom is -0.398 e. The van der Waals surface area contributed by atoms with Crippen LogP contribution in [0.1, 0.15) is 56.6 Å². The quantitative estimate of drug-likeness (QED) is 0.454. The Labute approximate surface area is 126 Å². The lowest BCUT2D eigenvalue weighted by Gasteiger charge is -2.18. The van der Waals surface area contributed by atoms with Gasteiger partial charge in [0.1, 0.15) is 5.82 Å². The van der Waals surface area contributed by atoms with E-state index in [1.165, 1.54) is 25.3 Å². The number of hydrogen-bond acceptors (Lipinski definition) is 1. The van der Waals surface area contributed by atoms with Crippen LogP contribution in [0.2, 0.25) is 0 Å². The Morgan fingerprint density at radius 3 is 2.57 bits per heavy atom. The minimum atomic E-state index is -0.348. The number of anilines is 1. The molecule has 1 atom stereocenters. The zero-order chi connectivity index (χ0) is 15.4. The molecule has 2 heteroatoms. The largest absolute Gasteiger partial charge is 0.398 e. The number of terminal acetylenes is 1. The van der Waals surface area contributed by atoms with Crippen molar-refractivity contribution in [2.45, 2.75) is 45.4 Å². The molecule has 1 unspecified atom stereocenters. The van der Waals surface area contributed by atoms with Crippen LogP contribution in [0.5, 0.6) is 0 Å². The molecule has 0 aliphatic heterocycles. The van der Waals surface area contributed by atoms with E-state index in [2.05, 4.69) is 19.8 Å². The van der Waals surface area contributed by atoms with Crippen LogP contribution in [0.4, 0.5) is 10.1 Å². The summed E-state index contributed by atoms with van der Waals surface area (Å²) < 4.78 is 13.8. The summed E-state index contributed by atoms with van der Waals surface area (Å²) in [7, 11) is 0. The average Bonchev–Trinajstić information content (AvgIpc) is 2.47. The molecule has 2 aromatic carbocycles. The zero-order valence-corrected chi connectivity index (χ0v) is 12.7. The van der Waals surface area contributed by atoms with Gasteiger partial charge in [-0.1, -0.05) is 51.2 Å². The summed E-state index contributed by atoms with van der Waals surface area (Å²) in [5.41, 5.74) is 8.37. The molecular formula is C19H22FN. The van der Waals surface area contributed by atoms with Crippen LogP contribution in [-0.4, -0.2) is 0 Å². The van der Waals surface area contributed by atoms with Crippen molar-refractivity contribution < 1.29 is 4.39 Å². The second-order valence-electron chi connectivity index (χ2n) is 5.63. The molecule has 0 bridgehead atoms. The number of fused-ring (bicyclic) bond motifs is 1. The van der Waals surface area contributed by atoms with Crippen molar-refractivity contribution in [1.82, 2.24) is 0 Å². The Morgan fingerprint density at radius 2 is 1.90 bits per heavy atom. The number of nitrogens with two attached hydrogens (primary N) is 1. The normalized spacial score (nSPS) is 12.3. The summed E-state index contributed by atoms with van der Waals surface area (Å²) in [5, 5.41) is 1.76. The average molecular weight is 283 g/mol. The van der Waals surface area contributed by atoms with Gasteiger partial charge in [-0.2, -0.15) is 0 Å². The Bertz CT molecular complexity index is 682. The van der Waals surface area contributed by atoms with Gasteiger partial charge in [0.05, 0.1) is 5.56 Å². The lowest BCUT2D eigenvalue weighted by atomic mass is 9.88. The topological polar surface area (TPSA) is 26.0 Å². The first-order chi connectivity index (χ1) is 10.1. The molecule has 2 rings (SSSR count). The molecule has 0 saturated heterocycles. The number of halogens is 1. The van der Waals surface area contributed by atoms with Crippen molar-refractivity contribution in [3.05, 3.63) is 41.2 Å². The molecule has 0 aliphatic rings. The fraction of sp³-hybridized carbons (Fsp3) is 0.368. The number of nitrogen functional groups attached to an aromatic ring is 1. The van der Waals surface area contributed by atoms with Crippen molar-refractivity contribution in [2.24, 2.45) is 0 Å². The van der Waals surface area contributed by atoms with Gasteiger partial charge in [0.25, 0.3) is 0 Å². The highest BCUT2D eigenvalue weighted by Crippen LogP contribution is 2.35. The third-order valence-corrected chi connectivity index (χ3v) is 4.10. The Morgan fingerprint density at radius 1 is 1.19 bits per heavy atom. The molecule has 0 heterocycles. The molecule has 110 valence electrons. The van der Waals surface area contributed by atoms with Gasteiger partial charge in [-0.15, -0.1) is 6.42 Å². The zero-order valence-electron chi connectivity index (χ0n) is 12.7. The summed E-state index contributed by atoms with van der Waals surface area (Å²) in [6, 6.07) is 6.91. The molecule has 2 aromatic rings. The smallest absolute Gasteiger partial charge is 0.139 e. The van der Waals surface area contributed by atoms with Gasteiger partial charge in [-0.05, 0) is 35.4 Å². The Kier molecular flexibility index (Phi) is 4.85. The first-order valence-electron chi connectivity index (χ1n) is 7.57. The van der Waals surface area contributed by atoms with Crippen LogP contribution < -0.4 is 5.73 Å². The first-order valence-corrected chi connectivity index (χ1v) is 7.57. The molecule has 0 amide bonds. The van der Waals surface area contributed by atoms with Crippen LogP contribution in [0.25, 0.3) is 10.8 Å². The van der Waals surface area contributed by atoms with Crippen LogP contribution in [-0.2, 0) is 0 Å². The second-order valence-corrected chi connectivity index (χ2v) is 5.63. The van der Waals surface area contributed by atoms with Crippen LogP contribution in [0.3, 0.4) is 0 Å². The minimum absolute atomic E-state index is 0.328. The van der Waals surface area contributed by atoms with Gasteiger partial charge in [0.15, 0.2) is 0 Å². The van der Waals surface area contributed by atoms with Gasteiger partial charge in [-0.25, -0.2) is 4.39 Å². The monoisotopic (exact) mass is 283 g/mol. The highest BCUT2D eigenvalue weighted by Gasteiger charge is 2.15. The lowest BCUT2D eigenvalue weighted by Crippen LogP contribution is -2.02. The SMILES string of the molecule is C#Cc1c(F)ccc2c(C(C)CCCCC)c(N)ccc12. The maximum Gasteiger partial charge on any atom is 0.139 e. The van der Waals surface area contributed by atoms with Gasteiger partial charge in [0.2, 0.25) is 0 Å². The van der Waals surface area contributed by atoms with E-state index in [1.54, 1.807) is 6.07 Å². The summed E-state index contributed by atoms with van der Waals surface area (Å²) >= 11 is 0. The lowest BCUT2D eigenvalue weighted by molar-refractivity contribution is 0.601. The van der Waals surface area contributed by atoms with E-state index in [9.17, 15) is 4.39 Å². The van der Waals surface area contributed by atoms with E-state index in [0.717, 1.165) is 28.4 Å². The molecule has 0 aromatic heterocycles. The van der Waals surface area contributed by atoms with E-state index in [-0.39, 0.29) is 5.82 Å². The van der Waals surface area contributed by atoms with Gasteiger partial charge >= 0.3 is 0 Å². The predicted octanol–water partition coefficient (Wildman–Crippen LogP) is 5.23. The first kappa shape index (κ1) is 15.4. The third-order valence-electron chi connectivity index (χ3n) is 4.10. The second kappa shape index (κ2) is 6.63. The standard InChI is InChI=1S/C19H22FN/c1-4-6-7-8-13(3)19-16-9-11-17(20)14(5-2)15(16)10-12-18(19)21/h2,9-13H,4,6-8,21H2,1,3H3. The predicted molar refractivity (Wildman–Crippen MR) is 88.8 cm³/mol. The summed E-state index contributed by atoms with van der Waals surface area (Å²) in [6.07, 6.45) is 10.1. The van der Waals surface area contributed by atoms with Crippen molar-refractivity contribution in [2.75, 3.05) is 5.73 Å². The van der Waals surface area contributed by atoms with Gasteiger partial charge < -0.3 is 5.73 Å². The summed E-state index contributed by atoms with van der Waals surface area (Å²) in [4.78, 5) is 0. The van der Waals surface area contributed by atoms with Crippen molar-refractivity contribution >= 4 is 16.5 Å². The Hall–Kier alpha value is -2.01. The van der Waals surface area contributed by atoms with Gasteiger partial charge in [0, 0.05) is 11.1 Å². The summed E-state index contributed by atoms with van der Waals surface area (Å²) in [5.74, 6) is 2.46. The number of benzene rings is 2. The van der Waals surface area contributed by atoms with E-state index < -0.39 is 0 Å². The highest BCUT2D eigenvalue weighted by molar-refractivity contribution is 5.94. The molecule has 0 radical (unpaired) electrons. The van der Waals surface area contributed by atoms with E-state index in [4.69, 9.17) is 12.2 Å². The van der Waals surface area contributed by atoms with E-state index in [1.807, 2.05) is 12.1 Å². The van der Waals surface area contributed by atoms with Gasteiger partial charge in [-0.3, -0.25) is 0 Å². The van der Waals surface area contributed by atoms with Crippen LogP contribution >= 0.6 is 0 Å². The highest BCUT2D eigenvalue weighted by atomic mass is 19.1. The molecule has 21 heavy (non-hydrogen) atoms. The third kappa shape index (κ3) is 3.03. The maximum absolute atomic E-state index is 13.8. The molecule has 0 aliphatic carbocycles. The fourth-order valence-electron chi connectivity index (χ4n) is 2.96.